The molecule has 0 aromatic carbocycles. The molecule has 0 saturated carbocycles. The highest BCUT2D eigenvalue weighted by Gasteiger charge is 2.22. The second kappa shape index (κ2) is 3.36. The lowest BCUT2D eigenvalue weighted by Crippen LogP contribution is -2.50. The highest BCUT2D eigenvalue weighted by atomic mass is 32.1. The Labute approximate surface area is 72.5 Å². The number of nitrogens with zero attached hydrogens (tertiary/aromatic N) is 1. The lowest BCUT2D eigenvalue weighted by molar-refractivity contribution is -0.0476. The Balaban J connectivity index is 2.49. The second-order valence-corrected chi connectivity index (χ2v) is 3.42. The molecular weight excluding hydrogens is 160 g/mol. The quantitative estimate of drug-likeness (QED) is 0.537. The predicted octanol–water partition coefficient (Wildman–Crippen LogP) is 0.339. The van der Waals surface area contributed by atoms with Crippen LogP contribution in [0, 0.1) is 0 Å². The molecule has 0 amide bonds. The minimum atomic E-state index is 0.236. The molecule has 1 rings (SSSR count). The maximum atomic E-state index is 5.51. The van der Waals surface area contributed by atoms with E-state index in [1.807, 2.05) is 18.7 Å². The fourth-order valence-electron chi connectivity index (χ4n) is 1.36. The number of hydrogen-bond donors (Lipinski definition) is 1. The van der Waals surface area contributed by atoms with E-state index in [2.05, 4.69) is 0 Å². The molecule has 1 saturated heterocycles. The van der Waals surface area contributed by atoms with Gasteiger partial charge in [-0.2, -0.15) is 0 Å². The first-order valence-corrected chi connectivity index (χ1v) is 4.20. The minimum Gasteiger partial charge on any atom is -0.376 e. The topological polar surface area (TPSA) is 38.5 Å². The van der Waals surface area contributed by atoms with Crippen molar-refractivity contribution in [3.8, 4) is 0 Å². The molecule has 1 aliphatic rings. The molecule has 2 atom stereocenters. The van der Waals surface area contributed by atoms with E-state index in [9.17, 15) is 0 Å². The third-order valence-electron chi connectivity index (χ3n) is 1.73. The van der Waals surface area contributed by atoms with Crippen molar-refractivity contribution in [1.82, 2.24) is 4.90 Å². The number of ether oxygens (including phenoxy) is 1. The zero-order valence-corrected chi connectivity index (χ0v) is 7.73. The molecule has 0 bridgehead atoms. The zero-order chi connectivity index (χ0) is 8.43. The van der Waals surface area contributed by atoms with Crippen molar-refractivity contribution in [3.63, 3.8) is 0 Å². The van der Waals surface area contributed by atoms with Gasteiger partial charge in [-0.05, 0) is 26.1 Å². The summed E-state index contributed by atoms with van der Waals surface area (Å²) in [7, 11) is 0. The molecule has 0 aromatic heterocycles. The number of hydrogen-bond acceptors (Lipinski definition) is 2. The maximum Gasteiger partial charge on any atom is 0.166 e. The highest BCUT2D eigenvalue weighted by Crippen LogP contribution is 2.09. The van der Waals surface area contributed by atoms with Gasteiger partial charge in [-0.3, -0.25) is 0 Å². The van der Waals surface area contributed by atoms with Crippen LogP contribution in [0.25, 0.3) is 0 Å². The van der Waals surface area contributed by atoms with Gasteiger partial charge in [0.25, 0.3) is 0 Å². The Bertz CT molecular complexity index is 153. The largest absolute Gasteiger partial charge is 0.376 e. The van der Waals surface area contributed by atoms with E-state index in [4.69, 9.17) is 22.7 Å². The van der Waals surface area contributed by atoms with Crippen LogP contribution in [0.3, 0.4) is 0 Å². The Hall–Kier alpha value is -0.350. The summed E-state index contributed by atoms with van der Waals surface area (Å²) in [6, 6.07) is 0. The fourth-order valence-corrected chi connectivity index (χ4v) is 1.51. The molecule has 1 fully saturated rings. The van der Waals surface area contributed by atoms with Crippen LogP contribution >= 0.6 is 12.2 Å². The summed E-state index contributed by atoms with van der Waals surface area (Å²) >= 11 is 4.87. The summed E-state index contributed by atoms with van der Waals surface area (Å²) in [5, 5.41) is 0.479. The molecule has 0 spiro atoms. The van der Waals surface area contributed by atoms with Crippen molar-refractivity contribution < 1.29 is 4.74 Å². The number of nitrogens with two attached hydrogens (primary N) is 1. The summed E-state index contributed by atoms with van der Waals surface area (Å²) in [5.74, 6) is 0. The lowest BCUT2D eigenvalue weighted by Gasteiger charge is -2.35. The maximum absolute atomic E-state index is 5.51. The Morgan fingerprint density at radius 2 is 1.91 bits per heavy atom. The van der Waals surface area contributed by atoms with Gasteiger partial charge >= 0.3 is 0 Å². The number of morpholine rings is 1. The van der Waals surface area contributed by atoms with E-state index in [1.165, 1.54) is 0 Å². The molecule has 3 nitrogen and oxygen atoms in total. The van der Waals surface area contributed by atoms with Gasteiger partial charge in [-0.1, -0.05) is 0 Å². The first-order valence-electron chi connectivity index (χ1n) is 3.79. The minimum absolute atomic E-state index is 0.236. The molecule has 11 heavy (non-hydrogen) atoms. The molecule has 1 heterocycles. The average molecular weight is 174 g/mol. The van der Waals surface area contributed by atoms with Gasteiger partial charge in [0, 0.05) is 13.1 Å². The van der Waals surface area contributed by atoms with E-state index in [0.29, 0.717) is 5.11 Å². The van der Waals surface area contributed by atoms with E-state index in [1.54, 1.807) is 0 Å². The van der Waals surface area contributed by atoms with Crippen LogP contribution in [0.1, 0.15) is 13.8 Å². The summed E-state index contributed by atoms with van der Waals surface area (Å²) in [6.07, 6.45) is 0.473. The number of rotatable bonds is 0. The van der Waals surface area contributed by atoms with Crippen molar-refractivity contribution >= 4 is 17.3 Å². The molecule has 4 heteroatoms. The van der Waals surface area contributed by atoms with Gasteiger partial charge in [0.05, 0.1) is 12.2 Å². The summed E-state index contributed by atoms with van der Waals surface area (Å²) < 4.78 is 5.51. The average Bonchev–Trinajstić information content (AvgIpc) is 1.85. The van der Waals surface area contributed by atoms with E-state index in [0.717, 1.165) is 13.1 Å². The van der Waals surface area contributed by atoms with Crippen molar-refractivity contribution in [2.24, 2.45) is 5.73 Å². The standard InChI is InChI=1S/C7H14N2OS/c1-5-3-9(7(8)11)4-6(2)10-5/h5-6H,3-4H2,1-2H3,(H2,8,11)/t5-,6+. The van der Waals surface area contributed by atoms with Crippen LogP contribution in [0.4, 0.5) is 0 Å². The fraction of sp³-hybridized carbons (Fsp3) is 0.857. The van der Waals surface area contributed by atoms with Gasteiger partial charge in [0.1, 0.15) is 0 Å². The second-order valence-electron chi connectivity index (χ2n) is 3.00. The Morgan fingerprint density at radius 1 is 1.45 bits per heavy atom. The van der Waals surface area contributed by atoms with E-state index in [-0.39, 0.29) is 12.2 Å². The van der Waals surface area contributed by atoms with Gasteiger partial charge in [0.2, 0.25) is 0 Å². The monoisotopic (exact) mass is 174 g/mol. The van der Waals surface area contributed by atoms with Crippen LogP contribution < -0.4 is 5.73 Å². The van der Waals surface area contributed by atoms with E-state index >= 15 is 0 Å². The van der Waals surface area contributed by atoms with Crippen LogP contribution in [-0.4, -0.2) is 35.3 Å². The summed E-state index contributed by atoms with van der Waals surface area (Å²) in [4.78, 5) is 1.98. The zero-order valence-electron chi connectivity index (χ0n) is 6.91. The van der Waals surface area contributed by atoms with Crippen molar-refractivity contribution in [2.75, 3.05) is 13.1 Å². The lowest BCUT2D eigenvalue weighted by atomic mass is 10.2. The molecule has 0 aromatic rings. The van der Waals surface area contributed by atoms with Gasteiger partial charge in [0.15, 0.2) is 5.11 Å². The highest BCUT2D eigenvalue weighted by molar-refractivity contribution is 7.80. The van der Waals surface area contributed by atoms with Crippen LogP contribution in [0.5, 0.6) is 0 Å². The van der Waals surface area contributed by atoms with Gasteiger partial charge in [-0.15, -0.1) is 0 Å². The Kier molecular flexibility index (Phi) is 2.67. The first kappa shape index (κ1) is 8.74. The number of thiocarbonyl (C=S) groups is 1. The SMILES string of the molecule is C[C@@H]1CN(C(N)=S)C[C@H](C)O1. The third kappa shape index (κ3) is 2.31. The molecule has 0 unspecified atom stereocenters. The van der Waals surface area contributed by atoms with Gasteiger partial charge in [-0.25, -0.2) is 0 Å². The van der Waals surface area contributed by atoms with Crippen LogP contribution in [-0.2, 0) is 4.74 Å². The summed E-state index contributed by atoms with van der Waals surface area (Å²) in [5.41, 5.74) is 5.49. The predicted molar refractivity (Wildman–Crippen MR) is 48.4 cm³/mol. The Morgan fingerprint density at radius 3 is 2.27 bits per heavy atom. The van der Waals surface area contributed by atoms with Crippen LogP contribution in [0.2, 0.25) is 0 Å². The summed E-state index contributed by atoms with van der Waals surface area (Å²) in [6.45, 7) is 5.70. The smallest absolute Gasteiger partial charge is 0.166 e. The van der Waals surface area contributed by atoms with Crippen molar-refractivity contribution in [3.05, 3.63) is 0 Å². The van der Waals surface area contributed by atoms with Gasteiger partial charge < -0.3 is 15.4 Å². The molecule has 0 aliphatic carbocycles. The molecular formula is C7H14N2OS. The van der Waals surface area contributed by atoms with E-state index < -0.39 is 0 Å². The molecule has 64 valence electrons. The molecule has 0 radical (unpaired) electrons. The molecule has 1 aliphatic heterocycles. The van der Waals surface area contributed by atoms with Crippen LogP contribution in [0.15, 0.2) is 0 Å². The first-order chi connectivity index (χ1) is 5.09. The normalized spacial score (nSPS) is 32.0. The van der Waals surface area contributed by atoms with Crippen molar-refractivity contribution in [2.45, 2.75) is 26.1 Å². The third-order valence-corrected chi connectivity index (χ3v) is 1.99. The molecule has 2 N–H and O–H groups in total. The van der Waals surface area contributed by atoms with Crippen molar-refractivity contribution in [1.29, 1.82) is 0 Å².